The molecule has 0 N–H and O–H groups in total. The van der Waals surface area contributed by atoms with Crippen LogP contribution < -0.4 is 4.76 Å². The quantitative estimate of drug-likeness (QED) is 0.568. The summed E-state index contributed by atoms with van der Waals surface area (Å²) in [4.78, 5) is 24.4. The second-order valence-electron chi connectivity index (χ2n) is 8.91. The molecular weight excluding hydrogens is 380 g/mol. The van der Waals surface area contributed by atoms with E-state index in [9.17, 15) is 10.0 Å². The number of aliphatic imine (C=N–C) groups is 2. The van der Waals surface area contributed by atoms with Gasteiger partial charge in [0.1, 0.15) is 18.9 Å². The second kappa shape index (κ2) is 7.07. The van der Waals surface area contributed by atoms with Crippen LogP contribution in [-0.2, 0) is 10.2 Å². The summed E-state index contributed by atoms with van der Waals surface area (Å²) in [6, 6.07) is 6.10. The van der Waals surface area contributed by atoms with Crippen LogP contribution in [-0.4, -0.2) is 73.7 Å². The fourth-order valence-electron chi connectivity index (χ4n) is 4.22. The monoisotopic (exact) mass is 408 g/mol. The first-order chi connectivity index (χ1) is 14.1. The Kier molecular flexibility index (Phi) is 4.79. The summed E-state index contributed by atoms with van der Waals surface area (Å²) in [5.41, 5.74) is 3.78. The van der Waals surface area contributed by atoms with Crippen molar-refractivity contribution in [2.75, 3.05) is 41.0 Å². The first kappa shape index (κ1) is 20.3. The molecule has 1 aromatic carbocycles. The van der Waals surface area contributed by atoms with Crippen LogP contribution in [0, 0.1) is 5.21 Å². The predicted molar refractivity (Wildman–Crippen MR) is 121 cm³/mol. The van der Waals surface area contributed by atoms with Gasteiger partial charge < -0.3 is 15.0 Å². The summed E-state index contributed by atoms with van der Waals surface area (Å²) in [6.45, 7) is 5.33. The number of rotatable bonds is 3. The molecule has 0 fully saturated rings. The first-order valence-corrected chi connectivity index (χ1v) is 10.00. The van der Waals surface area contributed by atoms with Gasteiger partial charge in [-0.25, -0.2) is 9.76 Å². The van der Waals surface area contributed by atoms with Gasteiger partial charge in [-0.05, 0) is 11.6 Å². The van der Waals surface area contributed by atoms with Crippen molar-refractivity contribution in [3.05, 3.63) is 53.0 Å². The molecule has 0 radical (unpaired) electrons. The molecule has 8 heteroatoms. The van der Waals surface area contributed by atoms with Gasteiger partial charge in [-0.3, -0.25) is 14.8 Å². The third kappa shape index (κ3) is 3.32. The molecule has 1 aromatic rings. The molecule has 158 valence electrons. The summed E-state index contributed by atoms with van der Waals surface area (Å²) in [5.74, 6) is -0.166. The zero-order valence-corrected chi connectivity index (χ0v) is 18.2. The number of quaternary nitrogens is 1. The van der Waals surface area contributed by atoms with E-state index in [1.807, 2.05) is 30.4 Å². The normalized spacial score (nSPS) is 24.5. The standard InChI is InChI=1S/C22H28N6O2/c1-22(2)13-28(30,27-9-8-19(24-15-27)21(29)25(3)4)20-10-16(6-7-18(20)22)17-11-23-14-26(5)12-17/h6-12H,13-15H2,1-5H3. The summed E-state index contributed by atoms with van der Waals surface area (Å²) in [5, 5.41) is 15.8. The van der Waals surface area contributed by atoms with Crippen molar-refractivity contribution in [1.82, 2.24) is 19.6 Å². The molecule has 3 heterocycles. The molecule has 3 aliphatic rings. The van der Waals surface area contributed by atoms with E-state index >= 15 is 0 Å². The predicted octanol–water partition coefficient (Wildman–Crippen LogP) is 2.33. The van der Waals surface area contributed by atoms with Crippen LogP contribution in [0.4, 0.5) is 5.69 Å². The van der Waals surface area contributed by atoms with E-state index in [1.54, 1.807) is 31.4 Å². The molecule has 1 amide bonds. The molecular formula is C22H28N6O2. The van der Waals surface area contributed by atoms with Crippen LogP contribution in [0.25, 0.3) is 5.57 Å². The van der Waals surface area contributed by atoms with Crippen LogP contribution in [0.3, 0.4) is 0 Å². The largest absolute Gasteiger partial charge is 0.601 e. The van der Waals surface area contributed by atoms with E-state index in [-0.39, 0.29) is 18.0 Å². The second-order valence-corrected chi connectivity index (χ2v) is 8.91. The molecule has 1 atom stereocenters. The van der Waals surface area contributed by atoms with Gasteiger partial charge in [-0.15, -0.1) is 0 Å². The van der Waals surface area contributed by atoms with Crippen LogP contribution in [0.5, 0.6) is 0 Å². The highest BCUT2D eigenvalue weighted by molar-refractivity contribution is 6.43. The Morgan fingerprint density at radius 2 is 2.03 bits per heavy atom. The van der Waals surface area contributed by atoms with Gasteiger partial charge in [-0.1, -0.05) is 26.0 Å². The van der Waals surface area contributed by atoms with E-state index in [0.717, 1.165) is 16.7 Å². The third-order valence-corrected chi connectivity index (χ3v) is 5.77. The third-order valence-electron chi connectivity index (χ3n) is 5.77. The topological polar surface area (TPSA) is 74.6 Å². The maximum atomic E-state index is 14.2. The number of hydrogen-bond acceptors (Lipinski definition) is 6. The molecule has 0 spiro atoms. The molecule has 0 saturated heterocycles. The number of hydrogen-bond donors (Lipinski definition) is 0. The molecule has 0 aliphatic carbocycles. The molecule has 0 bridgehead atoms. The lowest BCUT2D eigenvalue weighted by molar-refractivity contribution is -0.121. The molecule has 0 saturated carbocycles. The zero-order valence-electron chi connectivity index (χ0n) is 18.2. The Labute approximate surface area is 177 Å². The van der Waals surface area contributed by atoms with Gasteiger partial charge >= 0.3 is 0 Å². The van der Waals surface area contributed by atoms with Gasteiger partial charge in [-0.2, -0.15) is 0 Å². The SMILES string of the molecule is CN1C=C(c2ccc3c(c2)[N+]([O-])(N2C=CC(C(=O)N(C)C)=NC2)CC3(C)C)C=NC1. The van der Waals surface area contributed by atoms with E-state index in [4.69, 9.17) is 0 Å². The summed E-state index contributed by atoms with van der Waals surface area (Å²) in [6.07, 6.45) is 7.22. The smallest absolute Gasteiger partial charge is 0.271 e. The highest BCUT2D eigenvalue weighted by Gasteiger charge is 2.47. The van der Waals surface area contributed by atoms with Gasteiger partial charge in [0, 0.05) is 56.2 Å². The fourth-order valence-corrected chi connectivity index (χ4v) is 4.22. The van der Waals surface area contributed by atoms with Gasteiger partial charge in [0.25, 0.3) is 5.91 Å². The van der Waals surface area contributed by atoms with E-state index in [2.05, 4.69) is 36.0 Å². The number of carbonyl (C=O) groups is 1. The van der Waals surface area contributed by atoms with Crippen molar-refractivity contribution in [2.24, 2.45) is 9.98 Å². The number of carbonyl (C=O) groups excluding carboxylic acids is 1. The number of nitrogens with zero attached hydrogens (tertiary/aromatic N) is 6. The lowest BCUT2D eigenvalue weighted by Crippen LogP contribution is -2.56. The number of fused-ring (bicyclic) bond motifs is 1. The van der Waals surface area contributed by atoms with Gasteiger partial charge in [0.2, 0.25) is 0 Å². The Morgan fingerprint density at radius 1 is 1.27 bits per heavy atom. The zero-order chi connectivity index (χ0) is 21.7. The van der Waals surface area contributed by atoms with Crippen molar-refractivity contribution in [1.29, 1.82) is 0 Å². The Balaban J connectivity index is 1.70. The van der Waals surface area contributed by atoms with Crippen molar-refractivity contribution >= 4 is 29.1 Å². The molecule has 1 unspecified atom stereocenters. The lowest BCUT2D eigenvalue weighted by atomic mass is 9.86. The number of allylic oxidation sites excluding steroid dienone is 1. The van der Waals surface area contributed by atoms with Crippen molar-refractivity contribution in [2.45, 2.75) is 19.3 Å². The van der Waals surface area contributed by atoms with Crippen molar-refractivity contribution in [3.63, 3.8) is 0 Å². The Morgan fingerprint density at radius 3 is 2.67 bits per heavy atom. The first-order valence-electron chi connectivity index (χ1n) is 10.00. The maximum Gasteiger partial charge on any atom is 0.271 e. The van der Waals surface area contributed by atoms with E-state index in [1.165, 1.54) is 4.90 Å². The minimum absolute atomic E-state index is 0.140. The highest BCUT2D eigenvalue weighted by atomic mass is 16.6. The molecule has 4 rings (SSSR count). The molecule has 3 aliphatic heterocycles. The van der Waals surface area contributed by atoms with Crippen LogP contribution in [0.2, 0.25) is 0 Å². The van der Waals surface area contributed by atoms with Crippen LogP contribution in [0.15, 0.2) is 46.7 Å². The number of hydroxylamine groups is 1. The molecule has 8 nitrogen and oxygen atoms in total. The number of amides is 1. The summed E-state index contributed by atoms with van der Waals surface area (Å²) in [7, 11) is 5.35. The lowest BCUT2D eigenvalue weighted by Gasteiger charge is -2.46. The van der Waals surface area contributed by atoms with Crippen molar-refractivity contribution in [3.8, 4) is 0 Å². The summed E-state index contributed by atoms with van der Waals surface area (Å²) >= 11 is 0. The van der Waals surface area contributed by atoms with Crippen LogP contribution in [0.1, 0.15) is 25.0 Å². The highest BCUT2D eigenvalue weighted by Crippen LogP contribution is 2.47. The van der Waals surface area contributed by atoms with Crippen LogP contribution >= 0.6 is 0 Å². The molecule has 0 aromatic heterocycles. The average Bonchev–Trinajstić information content (AvgIpc) is 2.93. The average molecular weight is 409 g/mol. The van der Waals surface area contributed by atoms with E-state index < -0.39 is 4.76 Å². The minimum atomic E-state index is -0.625. The molecule has 30 heavy (non-hydrogen) atoms. The number of benzene rings is 1. The van der Waals surface area contributed by atoms with Crippen molar-refractivity contribution < 1.29 is 4.79 Å². The maximum absolute atomic E-state index is 14.2. The Hall–Kier alpha value is -2.97. The fraction of sp³-hybridized carbons (Fsp3) is 0.409. The van der Waals surface area contributed by atoms with Gasteiger partial charge in [0.05, 0.1) is 6.20 Å². The van der Waals surface area contributed by atoms with Gasteiger partial charge in [0.15, 0.2) is 12.4 Å². The van der Waals surface area contributed by atoms with E-state index in [0.29, 0.717) is 24.6 Å². The summed E-state index contributed by atoms with van der Waals surface area (Å²) < 4.78 is -0.625. The Bertz CT molecular complexity index is 1010. The minimum Gasteiger partial charge on any atom is -0.601 e.